The monoisotopic (exact) mass is 348 g/mol. The Balaban J connectivity index is 1.99. The molecule has 1 fully saturated rings. The molecule has 0 radical (unpaired) electrons. The van der Waals surface area contributed by atoms with Gasteiger partial charge in [0.25, 0.3) is 0 Å². The quantitative estimate of drug-likeness (QED) is 0.557. The van der Waals surface area contributed by atoms with Gasteiger partial charge in [0.15, 0.2) is 5.96 Å². The predicted molar refractivity (Wildman–Crippen MR) is 103 cm³/mol. The van der Waals surface area contributed by atoms with E-state index >= 15 is 0 Å². The standard InChI is InChI=1S/C19H32N4O2/c1-15(2)12-17(23-8-10-25-11-9-23)13-21-19(20)22-18-7-5-4-6-16(18)14-24-3/h4-7,15,17H,8-14H2,1-3H3,(H3,20,21,22). The van der Waals surface area contributed by atoms with E-state index in [1.54, 1.807) is 7.11 Å². The lowest BCUT2D eigenvalue weighted by molar-refractivity contribution is 0.0143. The Morgan fingerprint density at radius 1 is 1.32 bits per heavy atom. The summed E-state index contributed by atoms with van der Waals surface area (Å²) in [6.45, 7) is 9.28. The van der Waals surface area contributed by atoms with Gasteiger partial charge in [0.2, 0.25) is 0 Å². The minimum Gasteiger partial charge on any atom is -0.380 e. The van der Waals surface area contributed by atoms with Crippen molar-refractivity contribution in [2.45, 2.75) is 32.9 Å². The van der Waals surface area contributed by atoms with Gasteiger partial charge in [-0.2, -0.15) is 0 Å². The van der Waals surface area contributed by atoms with Crippen molar-refractivity contribution < 1.29 is 9.47 Å². The second-order valence-corrected chi connectivity index (χ2v) is 6.87. The fourth-order valence-electron chi connectivity index (χ4n) is 3.13. The molecule has 1 atom stereocenters. The number of anilines is 1. The molecular weight excluding hydrogens is 316 g/mol. The number of hydrogen-bond acceptors (Lipinski definition) is 4. The molecule has 0 spiro atoms. The van der Waals surface area contributed by atoms with Crippen molar-refractivity contribution in [3.63, 3.8) is 0 Å². The molecule has 0 amide bonds. The van der Waals surface area contributed by atoms with E-state index in [4.69, 9.17) is 15.2 Å². The number of nitrogens with two attached hydrogens (primary N) is 1. The van der Waals surface area contributed by atoms with E-state index in [1.807, 2.05) is 24.3 Å². The minimum absolute atomic E-state index is 0.401. The highest BCUT2D eigenvalue weighted by Gasteiger charge is 2.21. The third kappa shape index (κ3) is 6.65. The highest BCUT2D eigenvalue weighted by atomic mass is 16.5. The molecule has 1 aliphatic heterocycles. The van der Waals surface area contributed by atoms with E-state index in [-0.39, 0.29) is 0 Å². The second kappa shape index (κ2) is 10.4. The molecule has 1 aromatic carbocycles. The number of hydrogen-bond donors (Lipinski definition) is 2. The van der Waals surface area contributed by atoms with Crippen LogP contribution in [-0.4, -0.2) is 56.9 Å². The van der Waals surface area contributed by atoms with Crippen LogP contribution in [-0.2, 0) is 16.1 Å². The maximum absolute atomic E-state index is 6.13. The number of aliphatic imine (C=N–C) groups is 1. The Kier molecular flexibility index (Phi) is 8.18. The van der Waals surface area contributed by atoms with Crippen molar-refractivity contribution in [2.24, 2.45) is 16.6 Å². The van der Waals surface area contributed by atoms with Gasteiger partial charge in [-0.05, 0) is 18.4 Å². The van der Waals surface area contributed by atoms with Crippen LogP contribution >= 0.6 is 0 Å². The largest absolute Gasteiger partial charge is 0.380 e. The third-order valence-electron chi connectivity index (χ3n) is 4.36. The van der Waals surface area contributed by atoms with Crippen LogP contribution in [0.25, 0.3) is 0 Å². The summed E-state index contributed by atoms with van der Waals surface area (Å²) in [6.07, 6.45) is 1.11. The Morgan fingerprint density at radius 2 is 2.04 bits per heavy atom. The topological polar surface area (TPSA) is 72.1 Å². The van der Waals surface area contributed by atoms with Crippen molar-refractivity contribution in [1.29, 1.82) is 0 Å². The average Bonchev–Trinajstić information content (AvgIpc) is 2.61. The Bertz CT molecular complexity index is 542. The molecule has 3 N–H and O–H groups in total. The maximum Gasteiger partial charge on any atom is 0.193 e. The number of guanidine groups is 1. The third-order valence-corrected chi connectivity index (χ3v) is 4.36. The van der Waals surface area contributed by atoms with Gasteiger partial charge >= 0.3 is 0 Å². The second-order valence-electron chi connectivity index (χ2n) is 6.87. The molecule has 1 unspecified atom stereocenters. The lowest BCUT2D eigenvalue weighted by Crippen LogP contribution is -2.46. The van der Waals surface area contributed by atoms with E-state index in [1.165, 1.54) is 0 Å². The number of methoxy groups -OCH3 is 1. The molecule has 6 heteroatoms. The first-order valence-electron chi connectivity index (χ1n) is 9.05. The molecular formula is C19H32N4O2. The number of ether oxygens (including phenoxy) is 2. The van der Waals surface area contributed by atoms with E-state index in [0.717, 1.165) is 44.0 Å². The van der Waals surface area contributed by atoms with Crippen molar-refractivity contribution in [3.05, 3.63) is 29.8 Å². The summed E-state index contributed by atoms with van der Waals surface area (Å²) in [7, 11) is 1.69. The molecule has 0 aromatic heterocycles. The van der Waals surface area contributed by atoms with Crippen LogP contribution in [0.15, 0.2) is 29.3 Å². The van der Waals surface area contributed by atoms with Gasteiger partial charge in [-0.15, -0.1) is 0 Å². The Labute approximate surface area is 151 Å². The van der Waals surface area contributed by atoms with Gasteiger partial charge in [-0.1, -0.05) is 32.0 Å². The molecule has 0 bridgehead atoms. The highest BCUT2D eigenvalue weighted by Crippen LogP contribution is 2.16. The zero-order valence-electron chi connectivity index (χ0n) is 15.7. The van der Waals surface area contributed by atoms with Gasteiger partial charge in [0.1, 0.15) is 0 Å². The summed E-state index contributed by atoms with van der Waals surface area (Å²) in [5, 5.41) is 3.21. The highest BCUT2D eigenvalue weighted by molar-refractivity contribution is 5.92. The van der Waals surface area contributed by atoms with Crippen molar-refractivity contribution in [2.75, 3.05) is 45.3 Å². The number of rotatable bonds is 8. The van der Waals surface area contributed by atoms with Gasteiger partial charge in [0.05, 0.1) is 26.4 Å². The first-order valence-corrected chi connectivity index (χ1v) is 9.05. The van der Waals surface area contributed by atoms with E-state index in [0.29, 0.717) is 31.1 Å². The van der Waals surface area contributed by atoms with Gasteiger partial charge in [0, 0.05) is 37.5 Å². The summed E-state index contributed by atoms with van der Waals surface area (Å²) in [5.74, 6) is 1.07. The molecule has 0 aliphatic carbocycles. The van der Waals surface area contributed by atoms with Crippen LogP contribution in [0.5, 0.6) is 0 Å². The zero-order valence-corrected chi connectivity index (χ0v) is 15.7. The molecule has 1 aromatic rings. The van der Waals surface area contributed by atoms with Crippen LogP contribution in [0.1, 0.15) is 25.8 Å². The van der Waals surface area contributed by atoms with Crippen LogP contribution in [0.2, 0.25) is 0 Å². The first-order chi connectivity index (χ1) is 12.1. The van der Waals surface area contributed by atoms with Crippen molar-refractivity contribution in [3.8, 4) is 0 Å². The van der Waals surface area contributed by atoms with E-state index in [9.17, 15) is 0 Å². The normalized spacial score (nSPS) is 17.7. The minimum atomic E-state index is 0.401. The van der Waals surface area contributed by atoms with Gasteiger partial charge in [-0.3, -0.25) is 9.89 Å². The molecule has 1 saturated heterocycles. The number of nitrogens with zero attached hydrogens (tertiary/aromatic N) is 2. The summed E-state index contributed by atoms with van der Waals surface area (Å²) >= 11 is 0. The number of nitrogens with one attached hydrogen (secondary N) is 1. The van der Waals surface area contributed by atoms with Crippen LogP contribution in [0, 0.1) is 5.92 Å². The predicted octanol–water partition coefficient (Wildman–Crippen LogP) is 2.31. The van der Waals surface area contributed by atoms with Gasteiger partial charge in [-0.25, -0.2) is 0 Å². The molecule has 140 valence electrons. The molecule has 1 aliphatic rings. The first kappa shape index (κ1) is 19.7. The van der Waals surface area contributed by atoms with Crippen molar-refractivity contribution >= 4 is 11.6 Å². The molecule has 0 saturated carbocycles. The molecule has 2 rings (SSSR count). The fraction of sp³-hybridized carbons (Fsp3) is 0.632. The lowest BCUT2D eigenvalue weighted by Gasteiger charge is -2.34. The van der Waals surface area contributed by atoms with E-state index < -0.39 is 0 Å². The molecule has 25 heavy (non-hydrogen) atoms. The van der Waals surface area contributed by atoms with E-state index in [2.05, 4.69) is 29.1 Å². The maximum atomic E-state index is 6.13. The summed E-state index contributed by atoms with van der Waals surface area (Å²) in [6, 6.07) is 8.38. The smallest absolute Gasteiger partial charge is 0.193 e. The average molecular weight is 348 g/mol. The molecule has 6 nitrogen and oxygen atoms in total. The van der Waals surface area contributed by atoms with Crippen LogP contribution < -0.4 is 11.1 Å². The number of morpholine rings is 1. The zero-order chi connectivity index (χ0) is 18.1. The summed E-state index contributed by atoms with van der Waals surface area (Å²) < 4.78 is 10.7. The lowest BCUT2D eigenvalue weighted by atomic mass is 10.0. The molecule has 1 heterocycles. The van der Waals surface area contributed by atoms with Gasteiger partial charge < -0.3 is 20.5 Å². The number of benzene rings is 1. The Hall–Kier alpha value is -1.63. The SMILES string of the molecule is COCc1ccccc1NC(N)=NCC(CC(C)C)N1CCOCC1. The number of para-hydroxylation sites is 1. The fourth-order valence-corrected chi connectivity index (χ4v) is 3.13. The summed E-state index contributed by atoms with van der Waals surface area (Å²) in [4.78, 5) is 7.08. The van der Waals surface area contributed by atoms with Crippen LogP contribution in [0.3, 0.4) is 0 Å². The summed E-state index contributed by atoms with van der Waals surface area (Å²) in [5.41, 5.74) is 8.14. The van der Waals surface area contributed by atoms with Crippen molar-refractivity contribution in [1.82, 2.24) is 4.90 Å². The Morgan fingerprint density at radius 3 is 2.72 bits per heavy atom. The van der Waals surface area contributed by atoms with Crippen LogP contribution in [0.4, 0.5) is 5.69 Å².